The summed E-state index contributed by atoms with van der Waals surface area (Å²) in [6, 6.07) is 7.91. The quantitative estimate of drug-likeness (QED) is 0.194. The summed E-state index contributed by atoms with van der Waals surface area (Å²) in [6.07, 6.45) is 4.65. The lowest BCUT2D eigenvalue weighted by molar-refractivity contribution is -0.163. The number of carbonyl (C=O) groups is 3. The number of aliphatic hydroxyl groups excluding tert-OH is 1. The molecule has 4 fully saturated rings. The van der Waals surface area contributed by atoms with Crippen LogP contribution in [0.5, 0.6) is 0 Å². The molecule has 0 radical (unpaired) electrons. The molecule has 3 unspecified atom stereocenters. The molecule has 1 N–H and O–H groups in total. The molecule has 0 aromatic heterocycles. The highest BCUT2D eigenvalue weighted by Crippen LogP contribution is 2.65. The molecule has 1 aromatic carbocycles. The monoisotopic (exact) mass is 609 g/mol. The standard InChI is InChI=1S/C34H47N3O7/c1-5-7-18-43-32(41)28-27-30(39)37(26(23-38)21-25-11-9-8-10-12-25)29(34(27)22-24(3)33(28,4)44-34)31(40)36(13-6-2)15-14-35-16-19-42-20-17-35/h5-6,8-12,24,26-29,38H,1-2,7,13-23H2,3-4H3/t24?,26-,27+,28+,29?,33-,34?/m1/s1. The van der Waals surface area contributed by atoms with Crippen LogP contribution in [0, 0.1) is 17.8 Å². The average molecular weight is 610 g/mol. The summed E-state index contributed by atoms with van der Waals surface area (Å²) in [5.74, 6) is -2.97. The van der Waals surface area contributed by atoms with Gasteiger partial charge in [-0.2, -0.15) is 0 Å². The van der Waals surface area contributed by atoms with Gasteiger partial charge in [-0.05, 0) is 37.7 Å². The van der Waals surface area contributed by atoms with Gasteiger partial charge in [0.25, 0.3) is 0 Å². The zero-order valence-corrected chi connectivity index (χ0v) is 26.1. The molecule has 4 aliphatic rings. The van der Waals surface area contributed by atoms with Gasteiger partial charge in [0.2, 0.25) is 11.8 Å². The minimum atomic E-state index is -1.23. The fourth-order valence-electron chi connectivity index (χ4n) is 7.88. The first-order chi connectivity index (χ1) is 21.2. The SMILES string of the molecule is C=CCCOC(=O)[C@@H]1[C@H]2C(=O)N([C@@H](CO)Cc3ccccc3)C(C(=O)N(CC=C)CCN3CCOCC3)C23CC(C)[C@@]1(C)O3. The van der Waals surface area contributed by atoms with Crippen LogP contribution in [0.1, 0.15) is 32.3 Å². The number of nitrogens with zero attached hydrogens (tertiary/aromatic N) is 3. The molecule has 2 bridgehead atoms. The number of fused-ring (bicyclic) bond motifs is 1. The molecular weight excluding hydrogens is 562 g/mol. The summed E-state index contributed by atoms with van der Waals surface area (Å²) in [5, 5.41) is 10.7. The van der Waals surface area contributed by atoms with Crippen molar-refractivity contribution in [2.24, 2.45) is 17.8 Å². The Morgan fingerprint density at radius 2 is 1.93 bits per heavy atom. The van der Waals surface area contributed by atoms with E-state index < -0.39 is 41.1 Å². The van der Waals surface area contributed by atoms with Gasteiger partial charge in [0.1, 0.15) is 17.6 Å². The Balaban J connectivity index is 1.53. The number of likely N-dealkylation sites (tertiary alicyclic amines) is 1. The van der Waals surface area contributed by atoms with Gasteiger partial charge >= 0.3 is 5.97 Å². The van der Waals surface area contributed by atoms with Crippen molar-refractivity contribution in [2.75, 3.05) is 59.2 Å². The second-order valence-corrected chi connectivity index (χ2v) is 12.7. The van der Waals surface area contributed by atoms with Crippen molar-refractivity contribution < 1.29 is 33.7 Å². The lowest BCUT2D eigenvalue weighted by Crippen LogP contribution is -2.60. The number of aliphatic hydroxyl groups is 1. The van der Waals surface area contributed by atoms with Crippen molar-refractivity contribution in [2.45, 2.75) is 56.4 Å². The third kappa shape index (κ3) is 5.73. The number of benzene rings is 1. The number of carbonyl (C=O) groups excluding carboxylic acids is 3. The highest BCUT2D eigenvalue weighted by molar-refractivity contribution is 5.99. The first-order valence-electron chi connectivity index (χ1n) is 15.9. The first-order valence-corrected chi connectivity index (χ1v) is 15.9. The third-order valence-electron chi connectivity index (χ3n) is 10.2. The maximum Gasteiger partial charge on any atom is 0.312 e. The van der Waals surface area contributed by atoms with Gasteiger partial charge in [0.05, 0.1) is 44.0 Å². The molecule has 240 valence electrons. The molecule has 4 heterocycles. The summed E-state index contributed by atoms with van der Waals surface area (Å²) < 4.78 is 18.0. The van der Waals surface area contributed by atoms with Crippen LogP contribution in [0.25, 0.3) is 0 Å². The molecule has 0 aliphatic carbocycles. The van der Waals surface area contributed by atoms with Gasteiger partial charge in [-0.15, -0.1) is 13.2 Å². The van der Waals surface area contributed by atoms with E-state index in [-0.39, 0.29) is 30.9 Å². The number of morpholine rings is 1. The van der Waals surface area contributed by atoms with E-state index in [0.29, 0.717) is 52.1 Å². The molecule has 4 saturated heterocycles. The Kier molecular flexibility index (Phi) is 9.94. The molecule has 7 atom stereocenters. The van der Waals surface area contributed by atoms with Crippen molar-refractivity contribution >= 4 is 17.8 Å². The fourth-order valence-corrected chi connectivity index (χ4v) is 7.88. The van der Waals surface area contributed by atoms with Crippen molar-refractivity contribution in [1.82, 2.24) is 14.7 Å². The zero-order valence-electron chi connectivity index (χ0n) is 26.1. The molecule has 5 rings (SSSR count). The molecule has 10 heteroatoms. The fraction of sp³-hybridized carbons (Fsp3) is 0.618. The van der Waals surface area contributed by atoms with E-state index in [4.69, 9.17) is 14.2 Å². The maximum absolute atomic E-state index is 14.8. The van der Waals surface area contributed by atoms with Crippen LogP contribution in [-0.2, 0) is 35.0 Å². The lowest BCUT2D eigenvalue weighted by Gasteiger charge is -2.40. The van der Waals surface area contributed by atoms with Crippen molar-refractivity contribution in [3.63, 3.8) is 0 Å². The van der Waals surface area contributed by atoms with Crippen LogP contribution < -0.4 is 0 Å². The number of rotatable bonds is 14. The third-order valence-corrected chi connectivity index (χ3v) is 10.2. The average Bonchev–Trinajstić information content (AvgIpc) is 3.55. The molecule has 2 amide bonds. The number of amides is 2. The molecule has 4 aliphatic heterocycles. The van der Waals surface area contributed by atoms with E-state index in [0.717, 1.165) is 18.7 Å². The highest BCUT2D eigenvalue weighted by atomic mass is 16.6. The van der Waals surface area contributed by atoms with E-state index in [9.17, 15) is 19.5 Å². The van der Waals surface area contributed by atoms with Crippen molar-refractivity contribution in [3.8, 4) is 0 Å². The van der Waals surface area contributed by atoms with E-state index in [2.05, 4.69) is 18.1 Å². The second kappa shape index (κ2) is 13.5. The second-order valence-electron chi connectivity index (χ2n) is 12.7. The van der Waals surface area contributed by atoms with Crippen LogP contribution >= 0.6 is 0 Å². The Morgan fingerprint density at radius 1 is 1.20 bits per heavy atom. The van der Waals surface area contributed by atoms with Gasteiger partial charge in [-0.25, -0.2) is 0 Å². The molecule has 1 aromatic rings. The van der Waals surface area contributed by atoms with Crippen LogP contribution in [0.2, 0.25) is 0 Å². The van der Waals surface area contributed by atoms with Gasteiger partial charge in [-0.3, -0.25) is 19.3 Å². The van der Waals surface area contributed by atoms with Gasteiger partial charge in [0.15, 0.2) is 0 Å². The molecule has 44 heavy (non-hydrogen) atoms. The highest BCUT2D eigenvalue weighted by Gasteiger charge is 2.80. The summed E-state index contributed by atoms with van der Waals surface area (Å²) in [6.45, 7) is 15.6. The zero-order chi connectivity index (χ0) is 31.5. The van der Waals surface area contributed by atoms with Crippen molar-refractivity contribution in [1.29, 1.82) is 0 Å². The minimum absolute atomic E-state index is 0.110. The maximum atomic E-state index is 14.8. The topological polar surface area (TPSA) is 109 Å². The summed E-state index contributed by atoms with van der Waals surface area (Å²) in [5.41, 5.74) is -1.27. The van der Waals surface area contributed by atoms with Crippen LogP contribution in [0.15, 0.2) is 55.6 Å². The van der Waals surface area contributed by atoms with E-state index in [1.807, 2.05) is 44.2 Å². The summed E-state index contributed by atoms with van der Waals surface area (Å²) in [4.78, 5) is 48.7. The molecule has 0 saturated carbocycles. The largest absolute Gasteiger partial charge is 0.465 e. The predicted molar refractivity (Wildman–Crippen MR) is 164 cm³/mol. The number of ether oxygens (including phenoxy) is 3. The van der Waals surface area contributed by atoms with Gasteiger partial charge in [0, 0.05) is 32.7 Å². The number of hydrogen-bond acceptors (Lipinski definition) is 8. The van der Waals surface area contributed by atoms with E-state index in [1.54, 1.807) is 22.0 Å². The Hall–Kier alpha value is -3.05. The van der Waals surface area contributed by atoms with Gasteiger partial charge < -0.3 is 29.1 Å². The summed E-state index contributed by atoms with van der Waals surface area (Å²) >= 11 is 0. The van der Waals surface area contributed by atoms with Crippen LogP contribution in [-0.4, -0.2) is 120 Å². The predicted octanol–water partition coefficient (Wildman–Crippen LogP) is 2.07. The first kappa shape index (κ1) is 32.3. The lowest BCUT2D eigenvalue weighted by atomic mass is 9.62. The summed E-state index contributed by atoms with van der Waals surface area (Å²) in [7, 11) is 0. The van der Waals surface area contributed by atoms with Crippen LogP contribution in [0.4, 0.5) is 0 Å². The van der Waals surface area contributed by atoms with Crippen LogP contribution in [0.3, 0.4) is 0 Å². The normalized spacial score (nSPS) is 31.9. The van der Waals surface area contributed by atoms with E-state index in [1.165, 1.54) is 0 Å². The minimum Gasteiger partial charge on any atom is -0.465 e. The molecular formula is C34H47N3O7. The number of hydrogen-bond donors (Lipinski definition) is 1. The Morgan fingerprint density at radius 3 is 2.59 bits per heavy atom. The van der Waals surface area contributed by atoms with Gasteiger partial charge in [-0.1, -0.05) is 49.4 Å². The molecule has 1 spiro atoms. The Labute approximate surface area is 260 Å². The molecule has 10 nitrogen and oxygen atoms in total. The Bertz CT molecular complexity index is 1220. The van der Waals surface area contributed by atoms with E-state index >= 15 is 0 Å². The smallest absolute Gasteiger partial charge is 0.312 e. The van der Waals surface area contributed by atoms with Crippen molar-refractivity contribution in [3.05, 3.63) is 61.2 Å². The number of esters is 1.